The van der Waals surface area contributed by atoms with Gasteiger partial charge in [0, 0.05) is 17.1 Å². The van der Waals surface area contributed by atoms with Crippen LogP contribution >= 0.6 is 11.6 Å². The van der Waals surface area contributed by atoms with Crippen molar-refractivity contribution in [3.63, 3.8) is 0 Å². The van der Waals surface area contributed by atoms with E-state index >= 15 is 0 Å². The summed E-state index contributed by atoms with van der Waals surface area (Å²) in [6.07, 6.45) is -0.125. The SMILES string of the molecule is COc1ccc(-c2cc3n(n2)[C@@H](NCc2ccc(Cl)cc2)CNC3=O)cc1. The summed E-state index contributed by atoms with van der Waals surface area (Å²) in [4.78, 5) is 12.3. The fourth-order valence-corrected chi connectivity index (χ4v) is 3.19. The van der Waals surface area contributed by atoms with Gasteiger partial charge in [0.05, 0.1) is 19.3 Å². The van der Waals surface area contributed by atoms with Crippen molar-refractivity contribution in [3.05, 3.63) is 70.9 Å². The molecule has 4 rings (SSSR count). The number of nitrogens with one attached hydrogen (secondary N) is 2. The van der Waals surface area contributed by atoms with Crippen LogP contribution in [0.5, 0.6) is 5.75 Å². The molecule has 1 aliphatic heterocycles. The number of halogens is 1. The number of hydrogen-bond donors (Lipinski definition) is 2. The van der Waals surface area contributed by atoms with Gasteiger partial charge in [0.2, 0.25) is 0 Å². The molecule has 0 saturated heterocycles. The summed E-state index contributed by atoms with van der Waals surface area (Å²) in [5.74, 6) is 0.662. The van der Waals surface area contributed by atoms with E-state index in [4.69, 9.17) is 16.3 Å². The van der Waals surface area contributed by atoms with E-state index in [2.05, 4.69) is 15.7 Å². The van der Waals surface area contributed by atoms with Crippen LogP contribution in [0, 0.1) is 0 Å². The van der Waals surface area contributed by atoms with Crippen LogP contribution in [0.3, 0.4) is 0 Å². The summed E-state index contributed by atoms with van der Waals surface area (Å²) in [6.45, 7) is 1.12. The molecule has 0 fully saturated rings. The monoisotopic (exact) mass is 382 g/mol. The Kier molecular flexibility index (Phi) is 4.83. The first-order valence-corrected chi connectivity index (χ1v) is 9.02. The normalized spacial score (nSPS) is 15.9. The number of rotatable bonds is 5. The smallest absolute Gasteiger partial charge is 0.269 e. The highest BCUT2D eigenvalue weighted by Crippen LogP contribution is 2.25. The molecule has 1 atom stereocenters. The lowest BCUT2D eigenvalue weighted by Crippen LogP contribution is -2.45. The standard InChI is InChI=1S/C20H19ClN4O2/c1-27-16-8-4-14(5-9-16)17-10-18-20(26)23-12-19(25(18)24-17)22-11-13-2-6-15(21)7-3-13/h2-10,19,22H,11-12H2,1H3,(H,23,26)/t19-/m1/s1. The minimum Gasteiger partial charge on any atom is -0.497 e. The first-order chi connectivity index (χ1) is 13.1. The molecule has 27 heavy (non-hydrogen) atoms. The van der Waals surface area contributed by atoms with Gasteiger partial charge in [-0.2, -0.15) is 5.10 Å². The molecular weight excluding hydrogens is 364 g/mol. The lowest BCUT2D eigenvalue weighted by atomic mass is 10.1. The number of benzene rings is 2. The van der Waals surface area contributed by atoms with Gasteiger partial charge in [-0.1, -0.05) is 23.7 Å². The molecule has 2 N–H and O–H groups in total. The van der Waals surface area contributed by atoms with Crippen LogP contribution in [-0.2, 0) is 6.54 Å². The number of ether oxygens (including phenoxy) is 1. The molecule has 0 saturated carbocycles. The molecule has 2 heterocycles. The van der Waals surface area contributed by atoms with Gasteiger partial charge in [0.15, 0.2) is 0 Å². The van der Waals surface area contributed by atoms with Crippen molar-refractivity contribution in [1.29, 1.82) is 0 Å². The summed E-state index contributed by atoms with van der Waals surface area (Å²) in [5, 5.41) is 11.7. The molecule has 0 unspecified atom stereocenters. The van der Waals surface area contributed by atoms with Crippen LogP contribution in [0.15, 0.2) is 54.6 Å². The average molecular weight is 383 g/mol. The predicted octanol–water partition coefficient (Wildman–Crippen LogP) is 3.24. The van der Waals surface area contributed by atoms with Crippen molar-refractivity contribution in [2.24, 2.45) is 0 Å². The van der Waals surface area contributed by atoms with Crippen molar-refractivity contribution in [3.8, 4) is 17.0 Å². The molecule has 138 valence electrons. The highest BCUT2D eigenvalue weighted by atomic mass is 35.5. The van der Waals surface area contributed by atoms with E-state index in [0.717, 1.165) is 22.6 Å². The summed E-state index contributed by atoms with van der Waals surface area (Å²) in [6, 6.07) is 17.1. The van der Waals surface area contributed by atoms with Gasteiger partial charge in [-0.05, 0) is 48.0 Å². The van der Waals surface area contributed by atoms with E-state index in [9.17, 15) is 4.79 Å². The number of fused-ring (bicyclic) bond motifs is 1. The van der Waals surface area contributed by atoms with E-state index in [1.54, 1.807) is 11.8 Å². The number of carbonyl (C=O) groups is 1. The van der Waals surface area contributed by atoms with Crippen molar-refractivity contribution in [1.82, 2.24) is 20.4 Å². The Hall–Kier alpha value is -2.83. The summed E-state index contributed by atoms with van der Waals surface area (Å²) in [7, 11) is 1.63. The quantitative estimate of drug-likeness (QED) is 0.710. The second-order valence-electron chi connectivity index (χ2n) is 6.32. The minimum absolute atomic E-state index is 0.119. The van der Waals surface area contributed by atoms with E-state index < -0.39 is 0 Å². The number of hydrogen-bond acceptors (Lipinski definition) is 4. The lowest BCUT2D eigenvalue weighted by molar-refractivity contribution is 0.0900. The topological polar surface area (TPSA) is 68.2 Å². The van der Waals surface area contributed by atoms with E-state index in [-0.39, 0.29) is 12.1 Å². The van der Waals surface area contributed by atoms with Crippen LogP contribution in [0.25, 0.3) is 11.3 Å². The molecule has 6 nitrogen and oxygen atoms in total. The Morgan fingerprint density at radius 3 is 2.67 bits per heavy atom. The highest BCUT2D eigenvalue weighted by molar-refractivity contribution is 6.30. The van der Waals surface area contributed by atoms with Crippen molar-refractivity contribution < 1.29 is 9.53 Å². The van der Waals surface area contributed by atoms with E-state index in [1.807, 2.05) is 54.6 Å². The first kappa shape index (κ1) is 17.6. The Morgan fingerprint density at radius 1 is 1.22 bits per heavy atom. The molecule has 0 spiro atoms. The molecule has 1 aliphatic rings. The van der Waals surface area contributed by atoms with Crippen molar-refractivity contribution in [2.45, 2.75) is 12.7 Å². The maximum atomic E-state index is 12.3. The molecule has 1 aromatic heterocycles. The zero-order valence-corrected chi connectivity index (χ0v) is 15.5. The van der Waals surface area contributed by atoms with Crippen LogP contribution in [0.2, 0.25) is 5.02 Å². The number of amides is 1. The molecule has 0 bridgehead atoms. The molecule has 2 aromatic carbocycles. The summed E-state index contributed by atoms with van der Waals surface area (Å²) < 4.78 is 6.95. The van der Waals surface area contributed by atoms with Gasteiger partial charge >= 0.3 is 0 Å². The average Bonchev–Trinajstić information content (AvgIpc) is 3.15. The van der Waals surface area contributed by atoms with Gasteiger partial charge < -0.3 is 10.1 Å². The third-order valence-corrected chi connectivity index (χ3v) is 4.81. The summed E-state index contributed by atoms with van der Waals surface area (Å²) in [5.41, 5.74) is 3.34. The highest BCUT2D eigenvalue weighted by Gasteiger charge is 2.27. The summed E-state index contributed by atoms with van der Waals surface area (Å²) >= 11 is 5.93. The molecule has 1 amide bonds. The van der Waals surface area contributed by atoms with Crippen LogP contribution < -0.4 is 15.4 Å². The lowest BCUT2D eigenvalue weighted by Gasteiger charge is -2.25. The van der Waals surface area contributed by atoms with Gasteiger partial charge in [0.25, 0.3) is 5.91 Å². The van der Waals surface area contributed by atoms with Crippen LogP contribution in [0.1, 0.15) is 22.2 Å². The second-order valence-corrected chi connectivity index (χ2v) is 6.76. The number of nitrogens with zero attached hydrogens (tertiary/aromatic N) is 2. The third-order valence-electron chi connectivity index (χ3n) is 4.56. The van der Waals surface area contributed by atoms with Crippen molar-refractivity contribution in [2.75, 3.05) is 13.7 Å². The number of carbonyl (C=O) groups excluding carboxylic acids is 1. The van der Waals surface area contributed by atoms with E-state index in [1.165, 1.54) is 0 Å². The second kappa shape index (κ2) is 7.42. The third kappa shape index (κ3) is 3.67. The Bertz CT molecular complexity index is 951. The Morgan fingerprint density at radius 2 is 1.96 bits per heavy atom. The Balaban J connectivity index is 1.56. The maximum absolute atomic E-state index is 12.3. The zero-order chi connectivity index (χ0) is 18.8. The maximum Gasteiger partial charge on any atom is 0.269 e. The van der Waals surface area contributed by atoms with E-state index in [0.29, 0.717) is 23.8 Å². The first-order valence-electron chi connectivity index (χ1n) is 8.64. The number of methoxy groups -OCH3 is 1. The Labute approximate surface area is 162 Å². The fourth-order valence-electron chi connectivity index (χ4n) is 3.07. The van der Waals surface area contributed by atoms with Crippen molar-refractivity contribution >= 4 is 17.5 Å². The predicted molar refractivity (Wildman–Crippen MR) is 104 cm³/mol. The van der Waals surface area contributed by atoms with Gasteiger partial charge in [-0.15, -0.1) is 0 Å². The molecular formula is C20H19ClN4O2. The van der Waals surface area contributed by atoms with Gasteiger partial charge in [0.1, 0.15) is 17.6 Å². The molecule has 3 aromatic rings. The number of aromatic nitrogens is 2. The van der Waals surface area contributed by atoms with Crippen LogP contribution in [0.4, 0.5) is 0 Å². The fraction of sp³-hybridized carbons (Fsp3) is 0.200. The largest absolute Gasteiger partial charge is 0.497 e. The van der Waals surface area contributed by atoms with Crippen LogP contribution in [-0.4, -0.2) is 29.3 Å². The molecule has 0 radical (unpaired) electrons. The van der Waals surface area contributed by atoms with Gasteiger partial charge in [-0.3, -0.25) is 10.1 Å². The molecule has 0 aliphatic carbocycles. The zero-order valence-electron chi connectivity index (χ0n) is 14.8. The minimum atomic E-state index is -0.125. The van der Waals surface area contributed by atoms with Gasteiger partial charge in [-0.25, -0.2) is 4.68 Å². The molecule has 7 heteroatoms.